The maximum atomic E-state index is 12.3. The van der Waals surface area contributed by atoms with Gasteiger partial charge in [0.2, 0.25) is 12.3 Å². The molecule has 2 aromatic rings. The number of nitrogens with zero attached hydrogens (tertiary/aromatic N) is 2. The molecule has 0 bridgehead atoms. The second kappa shape index (κ2) is 5.73. The summed E-state index contributed by atoms with van der Waals surface area (Å²) in [7, 11) is 0. The molecule has 0 aliphatic rings. The number of hydrogen-bond acceptors (Lipinski definition) is 5. The summed E-state index contributed by atoms with van der Waals surface area (Å²) in [5.74, 6) is 0.529. The van der Waals surface area contributed by atoms with Crippen molar-refractivity contribution in [3.05, 3.63) is 42.0 Å². The van der Waals surface area contributed by atoms with Crippen LogP contribution in [-0.2, 0) is 16.6 Å². The minimum Gasteiger partial charge on any atom is -0.399 e. The maximum absolute atomic E-state index is 12.3. The van der Waals surface area contributed by atoms with Gasteiger partial charge in [-0.3, -0.25) is 4.79 Å². The quantitative estimate of drug-likeness (QED) is 0.801. The smallest absolute Gasteiger partial charge is 0.230 e. The number of benzene rings is 1. The Balaban J connectivity index is 1.94. The van der Waals surface area contributed by atoms with E-state index in [1.807, 2.05) is 26.0 Å². The van der Waals surface area contributed by atoms with E-state index >= 15 is 0 Å². The number of aromatic nitrogens is 2. The highest BCUT2D eigenvalue weighted by Gasteiger charge is 2.29. The largest absolute Gasteiger partial charge is 0.399 e. The Bertz CT molecular complexity index is 561. The zero-order chi connectivity index (χ0) is 14.6. The number of carbonyl (C=O) groups is 1. The molecule has 1 amide bonds. The van der Waals surface area contributed by atoms with Crippen molar-refractivity contribution in [2.45, 2.75) is 25.7 Å². The van der Waals surface area contributed by atoms with Crippen LogP contribution in [0.4, 0.5) is 5.69 Å². The van der Waals surface area contributed by atoms with Crippen LogP contribution in [0.1, 0.15) is 25.2 Å². The summed E-state index contributed by atoms with van der Waals surface area (Å²) in [5, 5.41) is 6.57. The Morgan fingerprint density at radius 2 is 2.05 bits per heavy atom. The first-order chi connectivity index (χ1) is 9.50. The normalized spacial score (nSPS) is 11.3. The molecule has 0 atom stereocenters. The van der Waals surface area contributed by atoms with E-state index in [9.17, 15) is 4.79 Å². The van der Waals surface area contributed by atoms with Crippen molar-refractivity contribution in [3.8, 4) is 0 Å². The summed E-state index contributed by atoms with van der Waals surface area (Å²) in [5.41, 5.74) is 6.64. The van der Waals surface area contributed by atoms with Crippen LogP contribution in [0.5, 0.6) is 0 Å². The maximum Gasteiger partial charge on any atom is 0.230 e. The highest BCUT2D eigenvalue weighted by Crippen LogP contribution is 2.24. The number of nitrogens with two attached hydrogens (primary N) is 1. The summed E-state index contributed by atoms with van der Waals surface area (Å²) in [6.45, 7) is 4.22. The summed E-state index contributed by atoms with van der Waals surface area (Å²) in [6, 6.07) is 7.33. The van der Waals surface area contributed by atoms with Crippen molar-refractivity contribution in [2.75, 3.05) is 12.3 Å². The molecular weight excluding hydrogens is 256 g/mol. The Morgan fingerprint density at radius 3 is 2.65 bits per heavy atom. The summed E-state index contributed by atoms with van der Waals surface area (Å²) in [4.78, 5) is 16.2. The molecule has 0 fully saturated rings. The fourth-order valence-electron chi connectivity index (χ4n) is 1.84. The average Bonchev–Trinajstić information content (AvgIpc) is 2.92. The fraction of sp³-hybridized carbons (Fsp3) is 0.357. The van der Waals surface area contributed by atoms with Crippen molar-refractivity contribution < 1.29 is 9.32 Å². The second-order valence-electron chi connectivity index (χ2n) is 5.10. The first-order valence-corrected chi connectivity index (χ1v) is 6.39. The van der Waals surface area contributed by atoms with Crippen molar-refractivity contribution in [1.29, 1.82) is 0 Å². The van der Waals surface area contributed by atoms with Gasteiger partial charge in [0.25, 0.3) is 0 Å². The van der Waals surface area contributed by atoms with Crippen molar-refractivity contribution in [2.24, 2.45) is 0 Å². The third-order valence-corrected chi connectivity index (χ3v) is 3.24. The lowest BCUT2D eigenvalue weighted by atomic mass is 9.83. The Kier molecular flexibility index (Phi) is 4.02. The molecule has 106 valence electrons. The van der Waals surface area contributed by atoms with E-state index in [2.05, 4.69) is 20.0 Å². The van der Waals surface area contributed by atoms with E-state index in [-0.39, 0.29) is 5.91 Å². The summed E-state index contributed by atoms with van der Waals surface area (Å²) >= 11 is 0. The molecule has 0 saturated heterocycles. The average molecular weight is 274 g/mol. The van der Waals surface area contributed by atoms with Gasteiger partial charge in [0.1, 0.15) is 0 Å². The van der Waals surface area contributed by atoms with Crippen molar-refractivity contribution >= 4 is 11.6 Å². The molecule has 6 heteroatoms. The lowest BCUT2D eigenvalue weighted by Gasteiger charge is -2.24. The number of carbonyl (C=O) groups excluding carboxylic acids is 1. The number of anilines is 1. The van der Waals surface area contributed by atoms with Gasteiger partial charge in [-0.25, -0.2) is 0 Å². The zero-order valence-electron chi connectivity index (χ0n) is 11.6. The van der Waals surface area contributed by atoms with Crippen molar-refractivity contribution in [1.82, 2.24) is 15.5 Å². The Morgan fingerprint density at radius 1 is 1.35 bits per heavy atom. The molecule has 0 unspecified atom stereocenters. The molecule has 20 heavy (non-hydrogen) atoms. The van der Waals surface area contributed by atoms with Gasteiger partial charge in [0.15, 0.2) is 5.82 Å². The number of amides is 1. The number of nitrogens with one attached hydrogen (secondary N) is 1. The van der Waals surface area contributed by atoms with Gasteiger partial charge >= 0.3 is 0 Å². The predicted molar refractivity (Wildman–Crippen MR) is 74.9 cm³/mol. The van der Waals surface area contributed by atoms with E-state index in [4.69, 9.17) is 5.73 Å². The molecule has 1 aromatic heterocycles. The summed E-state index contributed by atoms with van der Waals surface area (Å²) < 4.78 is 4.63. The summed E-state index contributed by atoms with van der Waals surface area (Å²) in [6.07, 6.45) is 1.82. The molecule has 0 saturated carbocycles. The number of hydrogen-bond donors (Lipinski definition) is 2. The molecule has 0 aliphatic heterocycles. The van der Waals surface area contributed by atoms with Crippen LogP contribution in [0.3, 0.4) is 0 Å². The van der Waals surface area contributed by atoms with Crippen LogP contribution < -0.4 is 11.1 Å². The third-order valence-electron chi connectivity index (χ3n) is 3.24. The molecule has 2 rings (SSSR count). The number of nitrogen functional groups attached to an aromatic ring is 1. The van der Waals surface area contributed by atoms with Gasteiger partial charge in [-0.05, 0) is 31.5 Å². The molecule has 0 aliphatic carbocycles. The monoisotopic (exact) mass is 274 g/mol. The van der Waals surface area contributed by atoms with Gasteiger partial charge in [0, 0.05) is 18.7 Å². The van der Waals surface area contributed by atoms with Gasteiger partial charge in [-0.1, -0.05) is 17.3 Å². The van der Waals surface area contributed by atoms with Crippen molar-refractivity contribution in [3.63, 3.8) is 0 Å². The highest BCUT2D eigenvalue weighted by molar-refractivity contribution is 5.87. The molecule has 0 spiro atoms. The van der Waals surface area contributed by atoms with Crippen LogP contribution in [0.25, 0.3) is 0 Å². The van der Waals surface area contributed by atoms with E-state index in [1.165, 1.54) is 6.39 Å². The van der Waals surface area contributed by atoms with Crippen LogP contribution in [0.15, 0.2) is 35.2 Å². The number of rotatable bonds is 5. The van der Waals surface area contributed by atoms with E-state index in [0.717, 1.165) is 5.56 Å². The van der Waals surface area contributed by atoms with Crippen LogP contribution in [0.2, 0.25) is 0 Å². The first kappa shape index (κ1) is 14.0. The fourth-order valence-corrected chi connectivity index (χ4v) is 1.84. The van der Waals surface area contributed by atoms with E-state index < -0.39 is 5.41 Å². The second-order valence-corrected chi connectivity index (χ2v) is 5.10. The van der Waals surface area contributed by atoms with Gasteiger partial charge < -0.3 is 15.6 Å². The predicted octanol–water partition coefficient (Wildman–Crippen LogP) is 1.29. The standard InChI is InChI=1S/C14H18N4O2/c1-14(2,10-3-5-11(15)6-4-10)13(19)16-8-7-12-17-9-20-18-12/h3-6,9H,7-8,15H2,1-2H3,(H,16,19). The minimum atomic E-state index is -0.620. The lowest BCUT2D eigenvalue weighted by Crippen LogP contribution is -2.41. The van der Waals surface area contributed by atoms with E-state index in [1.54, 1.807) is 12.1 Å². The van der Waals surface area contributed by atoms with Crippen LogP contribution in [0, 0.1) is 0 Å². The molecule has 3 N–H and O–H groups in total. The molecule has 1 aromatic carbocycles. The topological polar surface area (TPSA) is 94.0 Å². The Hall–Kier alpha value is -2.37. The zero-order valence-corrected chi connectivity index (χ0v) is 11.6. The SMILES string of the molecule is CC(C)(C(=O)NCCc1ncon1)c1ccc(N)cc1. The van der Waals surface area contributed by atoms with Crippen LogP contribution in [-0.4, -0.2) is 22.6 Å². The van der Waals surface area contributed by atoms with Gasteiger partial charge in [-0.15, -0.1) is 0 Å². The molecular formula is C14H18N4O2. The lowest BCUT2D eigenvalue weighted by molar-refractivity contribution is -0.125. The van der Waals surface area contributed by atoms with E-state index in [0.29, 0.717) is 24.5 Å². The Labute approximate surface area is 117 Å². The minimum absolute atomic E-state index is 0.0502. The third kappa shape index (κ3) is 3.14. The van der Waals surface area contributed by atoms with Gasteiger partial charge in [-0.2, -0.15) is 4.98 Å². The molecule has 0 radical (unpaired) electrons. The first-order valence-electron chi connectivity index (χ1n) is 6.39. The van der Waals surface area contributed by atoms with Gasteiger partial charge in [0.05, 0.1) is 5.41 Å². The highest BCUT2D eigenvalue weighted by atomic mass is 16.5. The molecule has 6 nitrogen and oxygen atoms in total. The van der Waals surface area contributed by atoms with Crippen LogP contribution >= 0.6 is 0 Å². The molecule has 1 heterocycles.